The van der Waals surface area contributed by atoms with E-state index in [1.807, 2.05) is 25.1 Å². The van der Waals surface area contributed by atoms with Crippen molar-refractivity contribution >= 4 is 28.6 Å². The molecule has 0 spiro atoms. The largest absolute Gasteiger partial charge is 0.481 e. The molecule has 0 saturated heterocycles. The van der Waals surface area contributed by atoms with Gasteiger partial charge in [-0.3, -0.25) is 9.59 Å². The summed E-state index contributed by atoms with van der Waals surface area (Å²) >= 11 is 0. The van der Waals surface area contributed by atoms with Crippen LogP contribution in [0.2, 0.25) is 0 Å². The Morgan fingerprint density at radius 1 is 1.25 bits per heavy atom. The van der Waals surface area contributed by atoms with Crippen LogP contribution in [0.3, 0.4) is 0 Å². The molecule has 2 rings (SSSR count). The minimum absolute atomic E-state index is 0.0493. The highest BCUT2D eigenvalue weighted by molar-refractivity contribution is 5.83. The van der Waals surface area contributed by atoms with E-state index in [1.54, 1.807) is 6.07 Å². The number of carbonyl (C=O) groups is 2. The van der Waals surface area contributed by atoms with Gasteiger partial charge in [0, 0.05) is 24.9 Å². The minimum Gasteiger partial charge on any atom is -0.481 e. The van der Waals surface area contributed by atoms with Crippen molar-refractivity contribution in [1.82, 2.24) is 10.3 Å². The molecule has 7 nitrogen and oxygen atoms in total. The Hall–Kier alpha value is -3.14. The lowest BCUT2D eigenvalue weighted by molar-refractivity contribution is -0.138. The Balaban J connectivity index is 1.96. The number of hydrogen-bond acceptors (Lipinski definition) is 5. The van der Waals surface area contributed by atoms with Crippen LogP contribution in [0.1, 0.15) is 24.0 Å². The highest BCUT2D eigenvalue weighted by Crippen LogP contribution is 2.20. The van der Waals surface area contributed by atoms with Gasteiger partial charge < -0.3 is 15.7 Å². The number of aliphatic carboxylic acids is 1. The monoisotopic (exact) mass is 326 g/mol. The topological polar surface area (TPSA) is 115 Å². The average Bonchev–Trinajstić information content (AvgIpc) is 2.56. The molecule has 0 unspecified atom stereocenters. The lowest BCUT2D eigenvalue weighted by Gasteiger charge is -2.10. The van der Waals surface area contributed by atoms with Crippen molar-refractivity contribution in [2.75, 3.05) is 18.4 Å². The standard InChI is InChI=1S/C17H18N4O3/c1-11-2-3-12-9-13(10-18)17(21-14(12)8-11)20-7-6-19-15(22)4-5-16(23)24/h2-3,8-9H,4-7H2,1H3,(H,19,22)(H,20,21)(H,23,24). The molecule has 2 aromatic rings. The smallest absolute Gasteiger partial charge is 0.303 e. The van der Waals surface area contributed by atoms with Crippen LogP contribution >= 0.6 is 0 Å². The molecule has 1 aromatic carbocycles. The van der Waals surface area contributed by atoms with Gasteiger partial charge in [0.05, 0.1) is 17.5 Å². The Bertz CT molecular complexity index is 811. The fourth-order valence-electron chi connectivity index (χ4n) is 2.19. The van der Waals surface area contributed by atoms with E-state index in [-0.39, 0.29) is 18.7 Å². The number of pyridine rings is 1. The Morgan fingerprint density at radius 3 is 2.75 bits per heavy atom. The van der Waals surface area contributed by atoms with Crippen molar-refractivity contribution in [3.63, 3.8) is 0 Å². The zero-order valence-electron chi connectivity index (χ0n) is 13.3. The number of nitriles is 1. The van der Waals surface area contributed by atoms with Gasteiger partial charge in [0.25, 0.3) is 0 Å². The number of hydrogen-bond donors (Lipinski definition) is 3. The summed E-state index contributed by atoms with van der Waals surface area (Å²) in [7, 11) is 0. The maximum Gasteiger partial charge on any atom is 0.303 e. The van der Waals surface area contributed by atoms with Crippen LogP contribution in [-0.2, 0) is 9.59 Å². The van der Waals surface area contributed by atoms with E-state index in [9.17, 15) is 14.9 Å². The van der Waals surface area contributed by atoms with Crippen molar-refractivity contribution in [2.24, 2.45) is 0 Å². The van der Waals surface area contributed by atoms with Crippen LogP contribution in [0.25, 0.3) is 10.9 Å². The molecule has 0 saturated carbocycles. The fourth-order valence-corrected chi connectivity index (χ4v) is 2.19. The van der Waals surface area contributed by atoms with Crippen LogP contribution in [0.4, 0.5) is 5.82 Å². The van der Waals surface area contributed by atoms with Crippen molar-refractivity contribution in [3.05, 3.63) is 35.4 Å². The molecular formula is C17H18N4O3. The summed E-state index contributed by atoms with van der Waals surface area (Å²) in [5, 5.41) is 24.3. The number of fused-ring (bicyclic) bond motifs is 1. The van der Waals surface area contributed by atoms with Gasteiger partial charge in [-0.2, -0.15) is 5.26 Å². The molecule has 124 valence electrons. The van der Waals surface area contributed by atoms with Crippen molar-refractivity contribution in [2.45, 2.75) is 19.8 Å². The molecule has 0 fully saturated rings. The van der Waals surface area contributed by atoms with E-state index in [1.165, 1.54) is 0 Å². The maximum absolute atomic E-state index is 11.4. The van der Waals surface area contributed by atoms with E-state index >= 15 is 0 Å². The molecule has 0 aliphatic heterocycles. The fraction of sp³-hybridized carbons (Fsp3) is 0.294. The van der Waals surface area contributed by atoms with E-state index in [2.05, 4.69) is 21.7 Å². The number of carboxylic acids is 1. The molecule has 0 atom stereocenters. The predicted molar refractivity (Wildman–Crippen MR) is 89.6 cm³/mol. The minimum atomic E-state index is -1.00. The second-order valence-electron chi connectivity index (χ2n) is 5.36. The van der Waals surface area contributed by atoms with Gasteiger partial charge in [-0.25, -0.2) is 4.98 Å². The molecule has 24 heavy (non-hydrogen) atoms. The zero-order valence-corrected chi connectivity index (χ0v) is 13.3. The van der Waals surface area contributed by atoms with E-state index in [0.29, 0.717) is 24.5 Å². The second kappa shape index (κ2) is 7.92. The quantitative estimate of drug-likeness (QED) is 0.668. The first-order valence-electron chi connectivity index (χ1n) is 7.53. The first kappa shape index (κ1) is 17.2. The molecule has 0 aliphatic rings. The number of anilines is 1. The van der Waals surface area contributed by atoms with Crippen LogP contribution in [-0.4, -0.2) is 35.1 Å². The molecular weight excluding hydrogens is 308 g/mol. The molecule has 1 amide bonds. The van der Waals surface area contributed by atoms with Crippen LogP contribution < -0.4 is 10.6 Å². The third-order valence-electron chi connectivity index (χ3n) is 3.40. The maximum atomic E-state index is 11.4. The first-order chi connectivity index (χ1) is 11.5. The third kappa shape index (κ3) is 4.68. The van der Waals surface area contributed by atoms with Crippen molar-refractivity contribution in [1.29, 1.82) is 5.26 Å². The van der Waals surface area contributed by atoms with Gasteiger partial charge in [-0.05, 0) is 24.6 Å². The van der Waals surface area contributed by atoms with E-state index < -0.39 is 5.97 Å². The number of amides is 1. The normalized spacial score (nSPS) is 10.2. The molecule has 7 heteroatoms. The lowest BCUT2D eigenvalue weighted by atomic mass is 10.1. The van der Waals surface area contributed by atoms with Gasteiger partial charge in [0.1, 0.15) is 11.9 Å². The third-order valence-corrected chi connectivity index (χ3v) is 3.40. The molecule has 0 bridgehead atoms. The molecule has 3 N–H and O–H groups in total. The summed E-state index contributed by atoms with van der Waals surface area (Å²) in [4.78, 5) is 26.3. The number of nitrogens with one attached hydrogen (secondary N) is 2. The number of carbonyl (C=O) groups excluding carboxylic acids is 1. The summed E-state index contributed by atoms with van der Waals surface area (Å²) in [6, 6.07) is 9.71. The van der Waals surface area contributed by atoms with Gasteiger partial charge in [0.2, 0.25) is 5.91 Å². The summed E-state index contributed by atoms with van der Waals surface area (Å²) in [5.41, 5.74) is 2.31. The van der Waals surface area contributed by atoms with Crippen LogP contribution in [0, 0.1) is 18.3 Å². The van der Waals surface area contributed by atoms with E-state index in [0.717, 1.165) is 16.5 Å². The molecule has 1 heterocycles. The summed E-state index contributed by atoms with van der Waals surface area (Å²) in [6.45, 7) is 2.67. The summed E-state index contributed by atoms with van der Waals surface area (Å²) in [5.74, 6) is -0.852. The first-order valence-corrected chi connectivity index (χ1v) is 7.53. The van der Waals surface area contributed by atoms with Crippen LogP contribution in [0.5, 0.6) is 0 Å². The van der Waals surface area contributed by atoms with Gasteiger partial charge >= 0.3 is 5.97 Å². The van der Waals surface area contributed by atoms with E-state index in [4.69, 9.17) is 5.11 Å². The number of nitrogens with zero attached hydrogens (tertiary/aromatic N) is 2. The Labute approximate surface area is 139 Å². The number of aromatic nitrogens is 1. The number of aryl methyl sites for hydroxylation is 1. The van der Waals surface area contributed by atoms with Crippen molar-refractivity contribution in [3.8, 4) is 6.07 Å². The molecule has 0 radical (unpaired) electrons. The van der Waals surface area contributed by atoms with Crippen molar-refractivity contribution < 1.29 is 14.7 Å². The molecule has 0 aliphatic carbocycles. The van der Waals surface area contributed by atoms with Gasteiger partial charge in [-0.1, -0.05) is 12.1 Å². The highest BCUT2D eigenvalue weighted by atomic mass is 16.4. The lowest BCUT2D eigenvalue weighted by Crippen LogP contribution is -2.29. The van der Waals surface area contributed by atoms with Gasteiger partial charge in [0.15, 0.2) is 0 Å². The number of benzene rings is 1. The second-order valence-corrected chi connectivity index (χ2v) is 5.36. The summed E-state index contributed by atoms with van der Waals surface area (Å²) < 4.78 is 0. The SMILES string of the molecule is Cc1ccc2cc(C#N)c(NCCNC(=O)CCC(=O)O)nc2c1. The zero-order chi connectivity index (χ0) is 17.5. The average molecular weight is 326 g/mol. The Morgan fingerprint density at radius 2 is 2.04 bits per heavy atom. The number of rotatable bonds is 7. The van der Waals surface area contributed by atoms with Gasteiger partial charge in [-0.15, -0.1) is 0 Å². The van der Waals surface area contributed by atoms with Crippen LogP contribution in [0.15, 0.2) is 24.3 Å². The molecule has 1 aromatic heterocycles. The summed E-state index contributed by atoms with van der Waals surface area (Å²) in [6.07, 6.45) is -0.240. The Kier molecular flexibility index (Phi) is 5.68. The highest BCUT2D eigenvalue weighted by Gasteiger charge is 2.08. The number of carboxylic acid groups (broad SMARTS) is 1. The predicted octanol–water partition coefficient (Wildman–Crippen LogP) is 1.81.